The number of aromatic nitrogens is 3. The third kappa shape index (κ3) is 3.96. The van der Waals surface area contributed by atoms with Crippen LogP contribution in [-0.2, 0) is 0 Å². The lowest BCUT2D eigenvalue weighted by Crippen LogP contribution is -2.50. The van der Waals surface area contributed by atoms with Crippen LogP contribution in [0.1, 0.15) is 0 Å². The highest BCUT2D eigenvalue weighted by atomic mass is 35.5. The minimum atomic E-state index is -0.454. The number of amides is 2. The summed E-state index contributed by atoms with van der Waals surface area (Å²) in [5.74, 6) is 0.353. The van der Waals surface area contributed by atoms with Gasteiger partial charge in [-0.2, -0.15) is 4.37 Å². The van der Waals surface area contributed by atoms with Gasteiger partial charge >= 0.3 is 6.03 Å². The molecule has 2 aromatic carbocycles. The Morgan fingerprint density at radius 3 is 2.53 bits per heavy atom. The third-order valence-corrected chi connectivity index (χ3v) is 6.42. The number of fused-ring (bicyclic) bond motifs is 1. The topological polar surface area (TPSA) is 74.2 Å². The molecule has 0 saturated carbocycles. The molecule has 10 heteroatoms. The third-order valence-electron chi connectivity index (χ3n) is 5.34. The molecule has 0 radical (unpaired) electrons. The van der Waals surface area contributed by atoms with Crippen LogP contribution in [0.3, 0.4) is 0 Å². The first-order chi connectivity index (χ1) is 15.6. The van der Waals surface area contributed by atoms with Gasteiger partial charge in [0.15, 0.2) is 5.82 Å². The van der Waals surface area contributed by atoms with Gasteiger partial charge in [0.1, 0.15) is 28.1 Å². The summed E-state index contributed by atoms with van der Waals surface area (Å²) in [6.07, 6.45) is 1.54. The molecule has 3 heterocycles. The molecule has 0 atom stereocenters. The van der Waals surface area contributed by atoms with E-state index in [0.717, 1.165) is 27.3 Å². The van der Waals surface area contributed by atoms with Crippen LogP contribution in [0.25, 0.3) is 21.5 Å². The smallest absolute Gasteiger partial charge is 0.322 e. The van der Waals surface area contributed by atoms with E-state index in [1.54, 1.807) is 29.4 Å². The Morgan fingerprint density at radius 1 is 1.03 bits per heavy atom. The van der Waals surface area contributed by atoms with Crippen LogP contribution >= 0.6 is 23.1 Å². The fourth-order valence-corrected chi connectivity index (χ4v) is 4.65. The maximum Gasteiger partial charge on any atom is 0.322 e. The molecule has 0 bridgehead atoms. The highest BCUT2D eigenvalue weighted by Crippen LogP contribution is 2.34. The van der Waals surface area contributed by atoms with Crippen LogP contribution < -0.4 is 10.2 Å². The van der Waals surface area contributed by atoms with Gasteiger partial charge in [-0.15, -0.1) is 0 Å². The number of carbonyl (C=O) groups is 1. The maximum atomic E-state index is 13.8. The van der Waals surface area contributed by atoms with Crippen LogP contribution in [0.15, 0.2) is 54.9 Å². The standard InChI is InChI=1S/C22H18ClFN6OS/c23-15-7-5-14(6-8-15)18-19-20(32-28-18)21(26-13-25-19)29-9-11-30(12-10-29)22(31)27-17-4-2-1-3-16(17)24/h1-8,13H,9-12H2,(H,27,31). The van der Waals surface area contributed by atoms with E-state index in [9.17, 15) is 9.18 Å². The van der Waals surface area contributed by atoms with Crippen LogP contribution in [-0.4, -0.2) is 51.5 Å². The molecule has 7 nitrogen and oxygen atoms in total. The number of nitrogens with zero attached hydrogens (tertiary/aromatic N) is 5. The number of piperazine rings is 1. The molecule has 0 unspecified atom stereocenters. The van der Waals surface area contributed by atoms with Crippen molar-refractivity contribution in [2.45, 2.75) is 0 Å². The first-order valence-electron chi connectivity index (χ1n) is 10.0. The monoisotopic (exact) mass is 468 g/mol. The molecule has 0 spiro atoms. The molecule has 162 valence electrons. The number of rotatable bonds is 3. The van der Waals surface area contributed by atoms with Gasteiger partial charge in [-0.3, -0.25) is 0 Å². The van der Waals surface area contributed by atoms with E-state index in [2.05, 4.69) is 24.6 Å². The second-order valence-corrected chi connectivity index (χ2v) is 8.51. The molecule has 2 aromatic heterocycles. The second-order valence-electron chi connectivity index (χ2n) is 7.30. The van der Waals surface area contributed by atoms with Gasteiger partial charge in [0.25, 0.3) is 0 Å². The lowest BCUT2D eigenvalue weighted by molar-refractivity contribution is 0.208. The summed E-state index contributed by atoms with van der Waals surface area (Å²) >= 11 is 7.36. The number of hydrogen-bond donors (Lipinski definition) is 1. The van der Waals surface area contributed by atoms with Crippen molar-refractivity contribution in [1.29, 1.82) is 0 Å². The quantitative estimate of drug-likeness (QED) is 0.463. The van der Waals surface area contributed by atoms with Crippen molar-refractivity contribution in [2.75, 3.05) is 36.4 Å². The SMILES string of the molecule is O=C(Nc1ccccc1F)N1CCN(c2ncnc3c(-c4ccc(Cl)cc4)nsc23)CC1. The summed E-state index contributed by atoms with van der Waals surface area (Å²) < 4.78 is 19.3. The lowest BCUT2D eigenvalue weighted by Gasteiger charge is -2.35. The molecule has 2 amide bonds. The van der Waals surface area contributed by atoms with Crippen LogP contribution in [0, 0.1) is 5.82 Å². The molecule has 1 fully saturated rings. The van der Waals surface area contributed by atoms with Crippen molar-refractivity contribution in [1.82, 2.24) is 19.2 Å². The van der Waals surface area contributed by atoms with Gasteiger partial charge in [-0.1, -0.05) is 35.9 Å². The van der Waals surface area contributed by atoms with Crippen LogP contribution in [0.4, 0.5) is 20.7 Å². The molecular formula is C22H18ClFN6OS. The molecule has 1 saturated heterocycles. The number of urea groups is 1. The molecule has 1 aliphatic heterocycles. The van der Waals surface area contributed by atoms with Crippen molar-refractivity contribution < 1.29 is 9.18 Å². The number of para-hydroxylation sites is 1. The van der Waals surface area contributed by atoms with Gasteiger partial charge < -0.3 is 15.1 Å². The Kier molecular flexibility index (Phi) is 5.59. The largest absolute Gasteiger partial charge is 0.352 e. The zero-order chi connectivity index (χ0) is 22.1. The van der Waals surface area contributed by atoms with E-state index in [4.69, 9.17) is 11.6 Å². The fraction of sp³-hybridized carbons (Fsp3) is 0.182. The second kappa shape index (κ2) is 8.68. The highest BCUT2D eigenvalue weighted by molar-refractivity contribution is 7.14. The Labute approximate surface area is 192 Å². The Hall–Kier alpha value is -3.30. The summed E-state index contributed by atoms with van der Waals surface area (Å²) in [7, 11) is 0. The van der Waals surface area contributed by atoms with Crippen LogP contribution in [0.2, 0.25) is 5.02 Å². The van der Waals surface area contributed by atoms with E-state index in [0.29, 0.717) is 31.2 Å². The fourth-order valence-electron chi connectivity index (χ4n) is 3.65. The Morgan fingerprint density at radius 2 is 1.78 bits per heavy atom. The summed E-state index contributed by atoms with van der Waals surface area (Å²) in [6.45, 7) is 2.19. The summed E-state index contributed by atoms with van der Waals surface area (Å²) in [5, 5.41) is 3.31. The van der Waals surface area contributed by atoms with Crippen molar-refractivity contribution in [3.63, 3.8) is 0 Å². The number of benzene rings is 2. The molecule has 1 N–H and O–H groups in total. The predicted octanol–water partition coefficient (Wildman–Crippen LogP) is 4.90. The normalized spacial score (nSPS) is 14.1. The van der Waals surface area contributed by atoms with Crippen molar-refractivity contribution in [2.24, 2.45) is 0 Å². The van der Waals surface area contributed by atoms with E-state index in [1.165, 1.54) is 17.6 Å². The van der Waals surface area contributed by atoms with Gasteiger partial charge in [-0.25, -0.2) is 19.2 Å². The number of halogens is 2. The summed E-state index contributed by atoms with van der Waals surface area (Å²) in [5.41, 5.74) is 2.71. The zero-order valence-corrected chi connectivity index (χ0v) is 18.4. The molecule has 32 heavy (non-hydrogen) atoms. The molecular weight excluding hydrogens is 451 g/mol. The number of nitrogens with one attached hydrogen (secondary N) is 1. The van der Waals surface area contributed by atoms with E-state index in [1.807, 2.05) is 24.3 Å². The Bertz CT molecular complexity index is 1270. The van der Waals surface area contributed by atoms with E-state index < -0.39 is 5.82 Å². The number of hydrogen-bond acceptors (Lipinski definition) is 6. The average Bonchev–Trinajstić information content (AvgIpc) is 3.25. The van der Waals surface area contributed by atoms with Crippen molar-refractivity contribution in [3.8, 4) is 11.3 Å². The lowest BCUT2D eigenvalue weighted by atomic mass is 10.1. The zero-order valence-electron chi connectivity index (χ0n) is 16.8. The minimum absolute atomic E-state index is 0.178. The summed E-state index contributed by atoms with van der Waals surface area (Å²) in [6, 6.07) is 13.3. The number of carbonyl (C=O) groups excluding carboxylic acids is 1. The first-order valence-corrected chi connectivity index (χ1v) is 11.2. The van der Waals surface area contributed by atoms with Gasteiger partial charge in [0.05, 0.1) is 5.69 Å². The highest BCUT2D eigenvalue weighted by Gasteiger charge is 2.25. The van der Waals surface area contributed by atoms with E-state index in [-0.39, 0.29) is 11.7 Å². The first kappa shape index (κ1) is 20.6. The number of anilines is 2. The summed E-state index contributed by atoms with van der Waals surface area (Å²) in [4.78, 5) is 25.3. The van der Waals surface area contributed by atoms with Gasteiger partial charge in [0.2, 0.25) is 0 Å². The molecule has 0 aliphatic carbocycles. The molecule has 1 aliphatic rings. The van der Waals surface area contributed by atoms with Gasteiger partial charge in [-0.05, 0) is 35.8 Å². The predicted molar refractivity (Wildman–Crippen MR) is 125 cm³/mol. The average molecular weight is 469 g/mol. The Balaban J connectivity index is 1.31. The maximum absolute atomic E-state index is 13.8. The van der Waals surface area contributed by atoms with Crippen molar-refractivity contribution >= 4 is 50.9 Å². The minimum Gasteiger partial charge on any atom is -0.352 e. The molecule has 4 aromatic rings. The van der Waals surface area contributed by atoms with E-state index >= 15 is 0 Å². The van der Waals surface area contributed by atoms with Crippen molar-refractivity contribution in [3.05, 3.63) is 65.7 Å². The molecule has 5 rings (SSSR count). The van der Waals surface area contributed by atoms with Gasteiger partial charge in [0, 0.05) is 36.8 Å². The van der Waals surface area contributed by atoms with Crippen LogP contribution in [0.5, 0.6) is 0 Å².